The fraction of sp³-hybridized carbons (Fsp3) is 0. The Morgan fingerprint density at radius 3 is 3.27 bits per heavy atom. The first-order chi connectivity index (χ1) is 5.27. The zero-order valence-electron chi connectivity index (χ0n) is 5.48. The van der Waals surface area contributed by atoms with Crippen molar-refractivity contribution in [2.24, 2.45) is 0 Å². The van der Waals surface area contributed by atoms with E-state index in [0.717, 1.165) is 6.07 Å². The molecule has 0 aliphatic rings. The van der Waals surface area contributed by atoms with Gasteiger partial charge in [-0.05, 0) is 0 Å². The molecule has 2 rings (SSSR count). The maximum atomic E-state index is 10.7. The summed E-state index contributed by atoms with van der Waals surface area (Å²) in [6, 6.07) is 2.64. The van der Waals surface area contributed by atoms with E-state index in [1.54, 1.807) is 12.3 Å². The van der Waals surface area contributed by atoms with E-state index in [1.807, 2.05) is 0 Å². The summed E-state index contributed by atoms with van der Waals surface area (Å²) in [5.74, 6) is -0.134. The fourth-order valence-corrected chi connectivity index (χ4v) is 0.918. The van der Waals surface area contributed by atoms with Crippen molar-refractivity contribution >= 4 is 5.65 Å². The van der Waals surface area contributed by atoms with E-state index in [9.17, 15) is 4.79 Å². The Hall–Kier alpha value is -1.78. The van der Waals surface area contributed by atoms with Crippen LogP contribution in [0.25, 0.3) is 5.65 Å². The Morgan fingerprint density at radius 1 is 1.64 bits per heavy atom. The van der Waals surface area contributed by atoms with Gasteiger partial charge in [0.25, 0.3) is 5.56 Å². The Morgan fingerprint density at radius 2 is 2.45 bits per heavy atom. The van der Waals surface area contributed by atoms with Crippen LogP contribution in [-0.4, -0.2) is 19.7 Å². The van der Waals surface area contributed by atoms with Gasteiger partial charge in [-0.15, -0.1) is 0 Å². The van der Waals surface area contributed by atoms with Crippen LogP contribution in [-0.2, 0) is 0 Å². The maximum absolute atomic E-state index is 10.7. The van der Waals surface area contributed by atoms with Gasteiger partial charge in [0.1, 0.15) is 0 Å². The Balaban J connectivity index is 3.02. The van der Waals surface area contributed by atoms with Crippen molar-refractivity contribution in [3.8, 4) is 5.88 Å². The molecule has 0 spiro atoms. The Labute approximate surface area is 60.9 Å². The molecule has 5 nitrogen and oxygen atoms in total. The van der Waals surface area contributed by atoms with Crippen molar-refractivity contribution in [1.29, 1.82) is 0 Å². The lowest BCUT2D eigenvalue weighted by atomic mass is 10.6. The van der Waals surface area contributed by atoms with Gasteiger partial charge in [-0.25, -0.2) is 4.52 Å². The largest absolute Gasteiger partial charge is 0.493 e. The van der Waals surface area contributed by atoms with E-state index in [1.165, 1.54) is 4.52 Å². The molecule has 0 saturated carbocycles. The van der Waals surface area contributed by atoms with Crippen LogP contribution < -0.4 is 5.56 Å². The third-order valence-corrected chi connectivity index (χ3v) is 1.37. The molecule has 0 unspecified atom stereocenters. The second-order valence-electron chi connectivity index (χ2n) is 2.11. The van der Waals surface area contributed by atoms with E-state index in [-0.39, 0.29) is 5.88 Å². The molecule has 0 aliphatic carbocycles. The van der Waals surface area contributed by atoms with E-state index in [2.05, 4.69) is 10.1 Å². The van der Waals surface area contributed by atoms with Crippen LogP contribution in [0.1, 0.15) is 0 Å². The highest BCUT2D eigenvalue weighted by Crippen LogP contribution is 2.04. The fourth-order valence-electron chi connectivity index (χ4n) is 0.918. The molecule has 0 aromatic carbocycles. The van der Waals surface area contributed by atoms with Crippen molar-refractivity contribution in [2.45, 2.75) is 0 Å². The molecule has 0 amide bonds. The van der Waals surface area contributed by atoms with Crippen molar-refractivity contribution in [2.75, 3.05) is 0 Å². The van der Waals surface area contributed by atoms with Gasteiger partial charge >= 0.3 is 0 Å². The van der Waals surface area contributed by atoms with E-state index < -0.39 is 5.56 Å². The van der Waals surface area contributed by atoms with Crippen LogP contribution in [0.4, 0.5) is 0 Å². The molecule has 0 saturated heterocycles. The minimum absolute atomic E-state index is 0.134. The highest BCUT2D eigenvalue weighted by Gasteiger charge is 1.99. The summed E-state index contributed by atoms with van der Waals surface area (Å²) in [6.45, 7) is 0. The van der Waals surface area contributed by atoms with Gasteiger partial charge < -0.3 is 5.11 Å². The molecule has 2 heterocycles. The maximum Gasteiger partial charge on any atom is 0.277 e. The van der Waals surface area contributed by atoms with Crippen molar-refractivity contribution in [3.63, 3.8) is 0 Å². The van der Waals surface area contributed by atoms with E-state index in [0.29, 0.717) is 5.65 Å². The molecule has 2 aromatic rings. The standard InChI is InChI=1S/C6H5N3O2/c10-5-3-6(11)9-4(8-5)1-2-7-9/h1-3,7,11H. The molecule has 0 radical (unpaired) electrons. The number of nitrogens with zero attached hydrogens (tertiary/aromatic N) is 2. The molecular formula is C6H5N3O2. The molecule has 2 N–H and O–H groups in total. The number of aromatic amines is 1. The van der Waals surface area contributed by atoms with Crippen LogP contribution in [0.2, 0.25) is 0 Å². The number of hydrogen-bond donors (Lipinski definition) is 2. The Kier molecular flexibility index (Phi) is 1.00. The average molecular weight is 151 g/mol. The molecule has 0 fully saturated rings. The van der Waals surface area contributed by atoms with Gasteiger partial charge in [-0.3, -0.25) is 9.89 Å². The number of rotatable bonds is 0. The average Bonchev–Trinajstić information content (AvgIpc) is 2.34. The monoisotopic (exact) mass is 151 g/mol. The normalized spacial score (nSPS) is 10.5. The van der Waals surface area contributed by atoms with Gasteiger partial charge in [0, 0.05) is 12.3 Å². The number of nitrogens with one attached hydrogen (secondary N) is 1. The summed E-state index contributed by atoms with van der Waals surface area (Å²) < 4.78 is 1.31. The van der Waals surface area contributed by atoms with E-state index in [4.69, 9.17) is 5.11 Å². The summed E-state index contributed by atoms with van der Waals surface area (Å²) >= 11 is 0. The van der Waals surface area contributed by atoms with Crippen LogP contribution in [0.15, 0.2) is 23.1 Å². The molecular weight excluding hydrogens is 146 g/mol. The number of H-pyrrole nitrogens is 1. The van der Waals surface area contributed by atoms with Crippen LogP contribution in [0, 0.1) is 0 Å². The number of fused-ring (bicyclic) bond motifs is 1. The minimum Gasteiger partial charge on any atom is -0.493 e. The highest BCUT2D eigenvalue weighted by atomic mass is 16.3. The predicted octanol–water partition coefficient (Wildman–Crippen LogP) is -0.272. The number of aromatic hydroxyl groups is 1. The van der Waals surface area contributed by atoms with Crippen molar-refractivity contribution < 1.29 is 5.11 Å². The van der Waals surface area contributed by atoms with Gasteiger partial charge in [-0.1, -0.05) is 0 Å². The van der Waals surface area contributed by atoms with Gasteiger partial charge in [0.2, 0.25) is 5.88 Å². The summed E-state index contributed by atoms with van der Waals surface area (Å²) in [5, 5.41) is 11.8. The zero-order valence-corrected chi connectivity index (χ0v) is 5.48. The lowest BCUT2D eigenvalue weighted by Crippen LogP contribution is -2.06. The highest BCUT2D eigenvalue weighted by molar-refractivity contribution is 5.37. The molecule has 0 atom stereocenters. The molecule has 11 heavy (non-hydrogen) atoms. The lowest BCUT2D eigenvalue weighted by molar-refractivity contribution is 0.434. The molecule has 0 bridgehead atoms. The minimum atomic E-state index is -0.442. The third kappa shape index (κ3) is 0.778. The Bertz CT molecular complexity index is 442. The number of aromatic nitrogens is 3. The molecule has 2 aromatic heterocycles. The van der Waals surface area contributed by atoms with Crippen LogP contribution >= 0.6 is 0 Å². The van der Waals surface area contributed by atoms with E-state index >= 15 is 0 Å². The summed E-state index contributed by atoms with van der Waals surface area (Å²) in [5.41, 5.74) is -0.0305. The topological polar surface area (TPSA) is 70.4 Å². The van der Waals surface area contributed by atoms with Crippen molar-refractivity contribution in [1.82, 2.24) is 14.6 Å². The van der Waals surface area contributed by atoms with Gasteiger partial charge in [-0.2, -0.15) is 4.98 Å². The number of hydrogen-bond acceptors (Lipinski definition) is 3. The van der Waals surface area contributed by atoms with Gasteiger partial charge in [0.15, 0.2) is 5.65 Å². The summed E-state index contributed by atoms with van der Waals surface area (Å²) in [6.07, 6.45) is 1.58. The van der Waals surface area contributed by atoms with Crippen LogP contribution in [0.5, 0.6) is 5.88 Å². The summed E-state index contributed by atoms with van der Waals surface area (Å²) in [4.78, 5) is 14.3. The smallest absolute Gasteiger partial charge is 0.277 e. The summed E-state index contributed by atoms with van der Waals surface area (Å²) in [7, 11) is 0. The lowest BCUT2D eigenvalue weighted by Gasteiger charge is -1.93. The first kappa shape index (κ1) is 5.96. The SMILES string of the molecule is O=c1cc(O)n2[nH]ccc2n1. The predicted molar refractivity (Wildman–Crippen MR) is 37.5 cm³/mol. The van der Waals surface area contributed by atoms with Crippen LogP contribution in [0.3, 0.4) is 0 Å². The third-order valence-electron chi connectivity index (χ3n) is 1.37. The molecule has 0 aliphatic heterocycles. The first-order valence-corrected chi connectivity index (χ1v) is 3.03. The quantitative estimate of drug-likeness (QED) is 0.544. The molecule has 5 heteroatoms. The molecule has 56 valence electrons. The zero-order chi connectivity index (χ0) is 7.84. The second kappa shape index (κ2) is 1.85. The second-order valence-corrected chi connectivity index (χ2v) is 2.11. The van der Waals surface area contributed by atoms with Crippen molar-refractivity contribution in [3.05, 3.63) is 28.7 Å². The van der Waals surface area contributed by atoms with Gasteiger partial charge in [0.05, 0.1) is 6.07 Å². The first-order valence-electron chi connectivity index (χ1n) is 3.03.